The van der Waals surface area contributed by atoms with Gasteiger partial charge in [0.25, 0.3) is 5.91 Å². The first-order valence-electron chi connectivity index (χ1n) is 15.4. The third-order valence-corrected chi connectivity index (χ3v) is 8.61. The van der Waals surface area contributed by atoms with Gasteiger partial charge in [-0.3, -0.25) is 4.79 Å². The Morgan fingerprint density at radius 3 is 2.12 bits per heavy atom. The molecule has 0 spiro atoms. The van der Waals surface area contributed by atoms with Gasteiger partial charge in [0.2, 0.25) is 0 Å². The summed E-state index contributed by atoms with van der Waals surface area (Å²) in [5.41, 5.74) is 5.66. The molecule has 3 rings (SSSR count). The molecule has 0 saturated carbocycles. The van der Waals surface area contributed by atoms with E-state index in [9.17, 15) is 4.79 Å². The van der Waals surface area contributed by atoms with E-state index < -0.39 is 0 Å². The molecule has 0 unspecified atom stereocenters. The zero-order valence-corrected chi connectivity index (χ0v) is 26.7. The van der Waals surface area contributed by atoms with Crippen molar-refractivity contribution in [3.63, 3.8) is 0 Å². The lowest BCUT2D eigenvalue weighted by Crippen LogP contribution is -2.32. The second kappa shape index (κ2) is 14.6. The summed E-state index contributed by atoms with van der Waals surface area (Å²) in [6.07, 6.45) is 3.87. The molecule has 0 aliphatic rings. The van der Waals surface area contributed by atoms with Crippen molar-refractivity contribution in [2.24, 2.45) is 0 Å². The number of rotatable bonds is 15. The number of aryl methyl sites for hydroxylation is 1. The van der Waals surface area contributed by atoms with E-state index in [2.05, 4.69) is 59.7 Å². The maximum Gasteiger partial charge on any atom is 0.254 e. The normalized spacial score (nSPS) is 11.8. The lowest BCUT2D eigenvalue weighted by atomic mass is 9.76. The summed E-state index contributed by atoms with van der Waals surface area (Å²) in [7, 11) is 0. The van der Waals surface area contributed by atoms with E-state index >= 15 is 0 Å². The fourth-order valence-corrected chi connectivity index (χ4v) is 4.90. The van der Waals surface area contributed by atoms with Crippen molar-refractivity contribution < 1.29 is 14.3 Å². The van der Waals surface area contributed by atoms with E-state index in [-0.39, 0.29) is 16.7 Å². The van der Waals surface area contributed by atoms with Crippen LogP contribution in [0.15, 0.2) is 66.7 Å². The maximum absolute atomic E-state index is 13.6. The van der Waals surface area contributed by atoms with Gasteiger partial charge in [-0.05, 0) is 91.3 Å². The van der Waals surface area contributed by atoms with Gasteiger partial charge in [0.05, 0.1) is 13.2 Å². The molecule has 0 heterocycles. The predicted molar refractivity (Wildman–Crippen MR) is 171 cm³/mol. The summed E-state index contributed by atoms with van der Waals surface area (Å²) in [5, 5.41) is 0. The Bertz CT molecular complexity index is 1260. The first kappa shape index (κ1) is 32.2. The van der Waals surface area contributed by atoms with E-state index in [4.69, 9.17) is 9.47 Å². The molecule has 0 aliphatic carbocycles. The van der Waals surface area contributed by atoms with Gasteiger partial charge < -0.3 is 14.4 Å². The Balaban J connectivity index is 1.69. The number of carbonyl (C=O) groups excluding carboxylic acids is 1. The smallest absolute Gasteiger partial charge is 0.254 e. The molecule has 4 heteroatoms. The Kier molecular flexibility index (Phi) is 11.5. The zero-order chi connectivity index (χ0) is 30.0. The molecule has 0 radical (unpaired) electrons. The molecule has 4 nitrogen and oxygen atoms in total. The fourth-order valence-electron chi connectivity index (χ4n) is 4.90. The highest BCUT2D eigenvalue weighted by molar-refractivity contribution is 5.95. The SMILES string of the molecule is CCOc1ccc(CN(CCCCOc2ccc(C(C)(C)CC)cc2C(C)(C)CC)C(=O)c2ccccc2C)cc1. The van der Waals surface area contributed by atoms with Crippen molar-refractivity contribution in [3.8, 4) is 11.5 Å². The molecule has 0 aliphatic heterocycles. The van der Waals surface area contributed by atoms with Crippen molar-refractivity contribution in [1.82, 2.24) is 4.90 Å². The molecule has 3 aromatic rings. The number of nitrogens with zero attached hydrogens (tertiary/aromatic N) is 1. The molecule has 0 bridgehead atoms. The van der Waals surface area contributed by atoms with Crippen LogP contribution in [-0.4, -0.2) is 30.6 Å². The predicted octanol–water partition coefficient (Wildman–Crippen LogP) is 9.27. The van der Waals surface area contributed by atoms with Crippen molar-refractivity contribution in [1.29, 1.82) is 0 Å². The second-order valence-corrected chi connectivity index (χ2v) is 12.4. The van der Waals surface area contributed by atoms with Crippen LogP contribution >= 0.6 is 0 Å². The Morgan fingerprint density at radius 1 is 0.805 bits per heavy atom. The van der Waals surface area contributed by atoms with Crippen LogP contribution in [0.3, 0.4) is 0 Å². The van der Waals surface area contributed by atoms with Gasteiger partial charge in [0.1, 0.15) is 11.5 Å². The molecule has 0 aromatic heterocycles. The molecular weight excluding hydrogens is 506 g/mol. The topological polar surface area (TPSA) is 38.8 Å². The molecule has 1 amide bonds. The average molecular weight is 558 g/mol. The van der Waals surface area contributed by atoms with Gasteiger partial charge in [-0.15, -0.1) is 0 Å². The van der Waals surface area contributed by atoms with E-state index in [0.29, 0.717) is 26.3 Å². The lowest BCUT2D eigenvalue weighted by Gasteiger charge is -2.30. The van der Waals surface area contributed by atoms with E-state index in [0.717, 1.165) is 53.9 Å². The van der Waals surface area contributed by atoms with Crippen molar-refractivity contribution >= 4 is 5.91 Å². The first-order chi connectivity index (χ1) is 19.5. The maximum atomic E-state index is 13.6. The highest BCUT2D eigenvalue weighted by Gasteiger charge is 2.26. The largest absolute Gasteiger partial charge is 0.494 e. The fraction of sp³-hybridized carbons (Fsp3) is 0.486. The Morgan fingerprint density at radius 2 is 1.49 bits per heavy atom. The van der Waals surface area contributed by atoms with Crippen LogP contribution in [0.1, 0.15) is 107 Å². The molecule has 222 valence electrons. The number of hydrogen-bond donors (Lipinski definition) is 0. The van der Waals surface area contributed by atoms with Gasteiger partial charge in [-0.25, -0.2) is 0 Å². The van der Waals surface area contributed by atoms with Crippen LogP contribution in [0.5, 0.6) is 11.5 Å². The van der Waals surface area contributed by atoms with Crippen LogP contribution in [-0.2, 0) is 17.4 Å². The Hall–Kier alpha value is -3.27. The zero-order valence-electron chi connectivity index (χ0n) is 26.7. The van der Waals surface area contributed by atoms with Gasteiger partial charge in [-0.2, -0.15) is 0 Å². The summed E-state index contributed by atoms with van der Waals surface area (Å²) in [6.45, 7) is 20.2. The summed E-state index contributed by atoms with van der Waals surface area (Å²) < 4.78 is 12.0. The number of benzene rings is 3. The van der Waals surface area contributed by atoms with Crippen LogP contribution in [0, 0.1) is 6.92 Å². The Labute approximate surface area is 249 Å². The molecular formula is C37H51NO3. The monoisotopic (exact) mass is 557 g/mol. The third kappa shape index (κ3) is 8.61. The molecule has 0 saturated heterocycles. The van der Waals surface area contributed by atoms with Gasteiger partial charge in [0.15, 0.2) is 0 Å². The molecule has 0 N–H and O–H groups in total. The first-order valence-corrected chi connectivity index (χ1v) is 15.4. The van der Waals surface area contributed by atoms with Crippen LogP contribution < -0.4 is 9.47 Å². The third-order valence-electron chi connectivity index (χ3n) is 8.61. The van der Waals surface area contributed by atoms with Gasteiger partial charge in [0, 0.05) is 24.2 Å². The molecule has 0 atom stereocenters. The summed E-state index contributed by atoms with van der Waals surface area (Å²) in [5.74, 6) is 1.90. The number of carbonyl (C=O) groups is 1. The second-order valence-electron chi connectivity index (χ2n) is 12.4. The summed E-state index contributed by atoms with van der Waals surface area (Å²) in [4.78, 5) is 15.6. The number of ether oxygens (including phenoxy) is 2. The average Bonchev–Trinajstić information content (AvgIpc) is 2.97. The standard InChI is InChI=1S/C37H51NO3/c1-9-36(5,6)30-20-23-34(33(26-30)37(7,8)10-2)41-25-15-14-24-38(35(39)32-17-13-12-16-28(32)4)27-29-18-21-31(22-19-29)40-11-3/h12-13,16-23,26H,9-11,14-15,24-25,27H2,1-8H3. The molecule has 41 heavy (non-hydrogen) atoms. The number of amides is 1. The van der Waals surface area contributed by atoms with Crippen LogP contribution in [0.2, 0.25) is 0 Å². The van der Waals surface area contributed by atoms with E-state index in [1.54, 1.807) is 0 Å². The van der Waals surface area contributed by atoms with Crippen LogP contribution in [0.4, 0.5) is 0 Å². The van der Waals surface area contributed by atoms with Crippen LogP contribution in [0.25, 0.3) is 0 Å². The number of unbranched alkanes of at least 4 members (excludes halogenated alkanes) is 1. The minimum Gasteiger partial charge on any atom is -0.494 e. The number of hydrogen-bond acceptors (Lipinski definition) is 3. The van der Waals surface area contributed by atoms with Gasteiger partial charge >= 0.3 is 0 Å². The highest BCUT2D eigenvalue weighted by Crippen LogP contribution is 2.38. The minimum atomic E-state index is 0.0314. The van der Waals surface area contributed by atoms with E-state index in [1.807, 2.05) is 67.3 Å². The molecule has 3 aromatic carbocycles. The quantitative estimate of drug-likeness (QED) is 0.175. The van der Waals surface area contributed by atoms with Crippen molar-refractivity contribution in [3.05, 3.63) is 94.5 Å². The minimum absolute atomic E-state index is 0.0314. The lowest BCUT2D eigenvalue weighted by molar-refractivity contribution is 0.0737. The summed E-state index contributed by atoms with van der Waals surface area (Å²) in [6, 6.07) is 22.6. The summed E-state index contributed by atoms with van der Waals surface area (Å²) >= 11 is 0. The highest BCUT2D eigenvalue weighted by atomic mass is 16.5. The van der Waals surface area contributed by atoms with E-state index in [1.165, 1.54) is 11.1 Å². The van der Waals surface area contributed by atoms with Gasteiger partial charge in [-0.1, -0.05) is 84.0 Å². The molecule has 0 fully saturated rings. The van der Waals surface area contributed by atoms with Crippen molar-refractivity contribution in [2.75, 3.05) is 19.8 Å². The van der Waals surface area contributed by atoms with Crippen molar-refractivity contribution in [2.45, 2.75) is 98.4 Å².